The monoisotopic (exact) mass is 253 g/mol. The molecule has 1 aromatic rings. The molecule has 0 saturated carbocycles. The summed E-state index contributed by atoms with van der Waals surface area (Å²) in [6.45, 7) is -0.478. The molecule has 1 rings (SSSR count). The molecule has 0 saturated heterocycles. The lowest BCUT2D eigenvalue weighted by molar-refractivity contribution is 0.0144. The van der Waals surface area contributed by atoms with Crippen LogP contribution in [0.15, 0.2) is 12.3 Å². The second kappa shape index (κ2) is 5.81. The van der Waals surface area contributed by atoms with Crippen LogP contribution in [0.1, 0.15) is 10.5 Å². The molecule has 0 aliphatic heterocycles. The van der Waals surface area contributed by atoms with E-state index < -0.39 is 19.0 Å². The minimum Gasteiger partial charge on any atom is -0.477 e. The molecule has 0 aliphatic carbocycles. The van der Waals surface area contributed by atoms with Gasteiger partial charge in [-0.2, -0.15) is 0 Å². The van der Waals surface area contributed by atoms with E-state index in [2.05, 4.69) is 4.74 Å². The second-order valence-electron chi connectivity index (χ2n) is 3.01. The lowest BCUT2D eigenvalue weighted by Crippen LogP contribution is -2.13. The van der Waals surface area contributed by atoms with E-state index in [1.807, 2.05) is 0 Å². The van der Waals surface area contributed by atoms with Crippen LogP contribution < -0.4 is 0 Å². The molecule has 0 amide bonds. The zero-order chi connectivity index (χ0) is 12.1. The van der Waals surface area contributed by atoms with Gasteiger partial charge in [-0.1, -0.05) is 11.6 Å². The highest BCUT2D eigenvalue weighted by molar-refractivity contribution is 6.30. The fourth-order valence-corrected chi connectivity index (χ4v) is 1.40. The van der Waals surface area contributed by atoms with Gasteiger partial charge in [0, 0.05) is 12.7 Å². The number of nitrogens with zero attached hydrogens (tertiary/aromatic N) is 1. The number of carboxylic acid groups (broad SMARTS) is 1. The quantitative estimate of drug-likeness (QED) is 0.790. The summed E-state index contributed by atoms with van der Waals surface area (Å²) >= 11 is 5.63. The van der Waals surface area contributed by atoms with Crippen LogP contribution in [-0.2, 0) is 11.3 Å². The molecule has 0 aromatic carbocycles. The third-order valence-electron chi connectivity index (χ3n) is 1.80. The van der Waals surface area contributed by atoms with Crippen molar-refractivity contribution in [3.63, 3.8) is 0 Å². The highest BCUT2D eigenvalue weighted by Crippen LogP contribution is 2.14. The average molecular weight is 254 g/mol. The fourth-order valence-electron chi connectivity index (χ4n) is 1.17. The molecular weight excluding hydrogens is 244 g/mol. The third-order valence-corrected chi connectivity index (χ3v) is 2.01. The summed E-state index contributed by atoms with van der Waals surface area (Å²) in [5.74, 6) is -1.12. The van der Waals surface area contributed by atoms with Crippen LogP contribution >= 0.6 is 11.6 Å². The molecule has 0 radical (unpaired) electrons. The van der Waals surface area contributed by atoms with E-state index in [1.54, 1.807) is 0 Å². The van der Waals surface area contributed by atoms with Crippen molar-refractivity contribution in [3.05, 3.63) is 23.0 Å². The molecule has 0 unspecified atom stereocenters. The Morgan fingerprint density at radius 1 is 1.62 bits per heavy atom. The molecule has 0 bridgehead atoms. The van der Waals surface area contributed by atoms with E-state index in [4.69, 9.17) is 16.7 Å². The number of rotatable bonds is 6. The van der Waals surface area contributed by atoms with Crippen molar-refractivity contribution in [2.45, 2.75) is 13.0 Å². The van der Waals surface area contributed by atoms with Crippen molar-refractivity contribution in [3.8, 4) is 0 Å². The van der Waals surface area contributed by atoms with Gasteiger partial charge in [-0.05, 0) is 6.07 Å². The summed E-state index contributed by atoms with van der Waals surface area (Å²) in [6, 6.07) is 1.29. The van der Waals surface area contributed by atoms with Gasteiger partial charge in [-0.25, -0.2) is 13.6 Å². The number of aromatic nitrogens is 1. The number of carbonyl (C=O) groups is 1. The molecule has 4 nitrogen and oxygen atoms in total. The van der Waals surface area contributed by atoms with E-state index in [0.717, 1.165) is 0 Å². The lowest BCUT2D eigenvalue weighted by atomic mass is 10.4. The normalized spacial score (nSPS) is 11.0. The smallest absolute Gasteiger partial charge is 0.352 e. The Balaban J connectivity index is 2.50. The van der Waals surface area contributed by atoms with Crippen molar-refractivity contribution in [2.24, 2.45) is 0 Å². The van der Waals surface area contributed by atoms with Crippen LogP contribution in [0.3, 0.4) is 0 Å². The van der Waals surface area contributed by atoms with Crippen molar-refractivity contribution in [1.29, 1.82) is 0 Å². The van der Waals surface area contributed by atoms with Crippen LogP contribution in [0, 0.1) is 0 Å². The van der Waals surface area contributed by atoms with E-state index in [9.17, 15) is 13.6 Å². The Morgan fingerprint density at radius 2 is 2.31 bits per heavy atom. The van der Waals surface area contributed by atoms with E-state index >= 15 is 0 Å². The summed E-state index contributed by atoms with van der Waals surface area (Å²) in [4.78, 5) is 10.7. The summed E-state index contributed by atoms with van der Waals surface area (Å²) in [7, 11) is 0. The summed E-state index contributed by atoms with van der Waals surface area (Å²) < 4.78 is 29.4. The van der Waals surface area contributed by atoms with Crippen LogP contribution in [-0.4, -0.2) is 35.3 Å². The maximum atomic E-state index is 11.7. The Labute approximate surface area is 95.4 Å². The maximum Gasteiger partial charge on any atom is 0.352 e. The SMILES string of the molecule is O=C(O)c1cc(Cl)cn1CCOCC(F)F. The first-order valence-corrected chi connectivity index (χ1v) is 4.83. The molecule has 0 aliphatic rings. The Morgan fingerprint density at radius 3 is 2.88 bits per heavy atom. The fraction of sp³-hybridized carbons (Fsp3) is 0.444. The Hall–Kier alpha value is -1.14. The highest BCUT2D eigenvalue weighted by atomic mass is 35.5. The maximum absolute atomic E-state index is 11.7. The Kier molecular flexibility index (Phi) is 4.70. The van der Waals surface area contributed by atoms with Gasteiger partial charge in [0.05, 0.1) is 11.6 Å². The third kappa shape index (κ3) is 3.79. The number of carboxylic acids is 1. The van der Waals surface area contributed by atoms with Crippen molar-refractivity contribution >= 4 is 17.6 Å². The van der Waals surface area contributed by atoms with Gasteiger partial charge in [0.2, 0.25) is 0 Å². The molecule has 7 heteroatoms. The van der Waals surface area contributed by atoms with Crippen molar-refractivity contribution in [2.75, 3.05) is 13.2 Å². The minimum atomic E-state index is -2.52. The summed E-state index contributed by atoms with van der Waals surface area (Å²) in [5.41, 5.74) is 0.00523. The van der Waals surface area contributed by atoms with E-state index in [1.165, 1.54) is 16.8 Å². The van der Waals surface area contributed by atoms with Gasteiger partial charge in [-0.15, -0.1) is 0 Å². The molecule has 16 heavy (non-hydrogen) atoms. The molecular formula is C9H10ClF2NO3. The molecule has 1 heterocycles. The molecule has 0 fully saturated rings. The first-order valence-electron chi connectivity index (χ1n) is 4.45. The largest absolute Gasteiger partial charge is 0.477 e. The predicted octanol–water partition coefficient (Wildman–Crippen LogP) is 2.12. The number of aromatic carboxylic acids is 1. The number of hydrogen-bond donors (Lipinski definition) is 1. The number of hydrogen-bond acceptors (Lipinski definition) is 2. The predicted molar refractivity (Wildman–Crippen MR) is 53.2 cm³/mol. The minimum absolute atomic E-state index is 0.00523. The first kappa shape index (κ1) is 12.9. The molecule has 0 atom stereocenters. The van der Waals surface area contributed by atoms with Crippen LogP contribution in [0.2, 0.25) is 5.02 Å². The van der Waals surface area contributed by atoms with Gasteiger partial charge in [0.25, 0.3) is 6.43 Å². The second-order valence-corrected chi connectivity index (χ2v) is 3.44. The van der Waals surface area contributed by atoms with Crippen LogP contribution in [0.25, 0.3) is 0 Å². The zero-order valence-corrected chi connectivity index (χ0v) is 8.95. The van der Waals surface area contributed by atoms with Gasteiger partial charge < -0.3 is 14.4 Å². The molecule has 1 N–H and O–H groups in total. The first-order chi connectivity index (χ1) is 7.50. The lowest BCUT2D eigenvalue weighted by Gasteiger charge is -2.06. The molecule has 0 spiro atoms. The van der Waals surface area contributed by atoms with Gasteiger partial charge in [-0.3, -0.25) is 0 Å². The zero-order valence-electron chi connectivity index (χ0n) is 8.20. The van der Waals surface area contributed by atoms with Gasteiger partial charge in [0.15, 0.2) is 0 Å². The van der Waals surface area contributed by atoms with E-state index in [0.29, 0.717) is 0 Å². The number of halogens is 3. The number of ether oxygens (including phenoxy) is 1. The highest BCUT2D eigenvalue weighted by Gasteiger charge is 2.11. The standard InChI is InChI=1S/C9H10ClF2NO3/c10-6-3-7(9(14)15)13(4-6)1-2-16-5-8(11)12/h3-4,8H,1-2,5H2,(H,14,15). The van der Waals surface area contributed by atoms with E-state index in [-0.39, 0.29) is 23.9 Å². The van der Waals surface area contributed by atoms with Gasteiger partial charge in [0.1, 0.15) is 12.3 Å². The van der Waals surface area contributed by atoms with Crippen LogP contribution in [0.5, 0.6) is 0 Å². The Bertz CT molecular complexity index is 368. The van der Waals surface area contributed by atoms with Crippen molar-refractivity contribution in [1.82, 2.24) is 4.57 Å². The van der Waals surface area contributed by atoms with Gasteiger partial charge >= 0.3 is 5.97 Å². The summed E-state index contributed by atoms with van der Waals surface area (Å²) in [6.07, 6.45) is -1.11. The summed E-state index contributed by atoms with van der Waals surface area (Å²) in [5, 5.41) is 9.07. The average Bonchev–Trinajstić information content (AvgIpc) is 2.54. The van der Waals surface area contributed by atoms with Crippen molar-refractivity contribution < 1.29 is 23.4 Å². The molecule has 1 aromatic heterocycles. The number of alkyl halides is 2. The molecule has 90 valence electrons. The van der Waals surface area contributed by atoms with Crippen LogP contribution in [0.4, 0.5) is 8.78 Å². The topological polar surface area (TPSA) is 51.5 Å².